The Morgan fingerprint density at radius 3 is 2.67 bits per heavy atom. The van der Waals surface area contributed by atoms with Crippen molar-refractivity contribution in [3.05, 3.63) is 29.6 Å². The molecule has 1 saturated heterocycles. The fourth-order valence-electron chi connectivity index (χ4n) is 3.36. The Hall–Kier alpha value is -2.20. The van der Waals surface area contributed by atoms with Crippen molar-refractivity contribution in [3.63, 3.8) is 0 Å². The number of sulfonamides is 1. The number of benzene rings is 1. The Kier molecular flexibility index (Phi) is 7.30. The van der Waals surface area contributed by atoms with Crippen LogP contribution in [0.2, 0.25) is 0 Å². The molecule has 1 saturated carbocycles. The van der Waals surface area contributed by atoms with Gasteiger partial charge in [0.1, 0.15) is 12.4 Å². The topological polar surface area (TPSA) is 108 Å². The molecule has 3 N–H and O–H groups in total. The molecule has 10 heteroatoms. The van der Waals surface area contributed by atoms with Crippen LogP contribution in [0.5, 0.6) is 0 Å². The first-order chi connectivity index (χ1) is 14.2. The first kappa shape index (κ1) is 22.5. The van der Waals surface area contributed by atoms with E-state index in [1.165, 1.54) is 11.0 Å². The zero-order valence-corrected chi connectivity index (χ0v) is 17.9. The van der Waals surface area contributed by atoms with Gasteiger partial charge in [-0.2, -0.15) is 0 Å². The summed E-state index contributed by atoms with van der Waals surface area (Å²) in [4.78, 5) is 24.0. The molecule has 2 aliphatic rings. The van der Waals surface area contributed by atoms with E-state index < -0.39 is 22.1 Å². The largest absolute Gasteiger partial charge is 0.382 e. The van der Waals surface area contributed by atoms with Crippen LogP contribution in [0.4, 0.5) is 14.9 Å². The second-order valence-corrected chi connectivity index (χ2v) is 9.93. The van der Waals surface area contributed by atoms with Crippen LogP contribution in [0.1, 0.15) is 50.6 Å². The second kappa shape index (κ2) is 9.74. The quantitative estimate of drug-likeness (QED) is 0.342. The number of nitrogens with zero attached hydrogens (tertiary/aromatic N) is 1. The zero-order chi connectivity index (χ0) is 21.7. The number of urea groups is 1. The summed E-state index contributed by atoms with van der Waals surface area (Å²) >= 11 is 0. The summed E-state index contributed by atoms with van der Waals surface area (Å²) in [6, 6.07) is 3.74. The normalized spacial score (nSPS) is 17.9. The van der Waals surface area contributed by atoms with E-state index in [0.717, 1.165) is 19.4 Å². The molecule has 1 unspecified atom stereocenters. The van der Waals surface area contributed by atoms with Gasteiger partial charge >= 0.3 is 6.03 Å². The van der Waals surface area contributed by atoms with Gasteiger partial charge in [0.25, 0.3) is 0 Å². The van der Waals surface area contributed by atoms with E-state index in [1.54, 1.807) is 19.1 Å². The Bertz CT molecular complexity index is 889. The number of amides is 3. The molecule has 3 rings (SSSR count). The maximum absolute atomic E-state index is 14.0. The third-order valence-corrected chi connectivity index (χ3v) is 6.87. The molecule has 2 fully saturated rings. The predicted molar refractivity (Wildman–Crippen MR) is 112 cm³/mol. The second-order valence-electron chi connectivity index (χ2n) is 8.06. The van der Waals surface area contributed by atoms with Gasteiger partial charge in [-0.25, -0.2) is 22.3 Å². The number of carbonyl (C=O) groups excluding carboxylic acids is 2. The lowest BCUT2D eigenvalue weighted by molar-refractivity contribution is -0.118. The lowest BCUT2D eigenvalue weighted by atomic mass is 10.1. The third kappa shape index (κ3) is 6.66. The third-order valence-electron chi connectivity index (χ3n) is 5.33. The maximum atomic E-state index is 14.0. The molecule has 3 amide bonds. The molecule has 8 nitrogen and oxygen atoms in total. The number of halogens is 1. The van der Waals surface area contributed by atoms with Gasteiger partial charge in [0.2, 0.25) is 15.9 Å². The minimum atomic E-state index is -3.50. The van der Waals surface area contributed by atoms with Crippen LogP contribution in [-0.4, -0.2) is 50.6 Å². The van der Waals surface area contributed by atoms with Crippen LogP contribution in [-0.2, 0) is 14.8 Å². The van der Waals surface area contributed by atoms with Crippen molar-refractivity contribution < 1.29 is 22.4 Å². The highest BCUT2D eigenvalue weighted by Gasteiger charge is 2.26. The Labute approximate surface area is 176 Å². The van der Waals surface area contributed by atoms with E-state index in [-0.39, 0.29) is 24.0 Å². The summed E-state index contributed by atoms with van der Waals surface area (Å²) in [6.07, 6.45) is 4.02. The number of nitrogens with one attached hydrogen (secondary N) is 3. The lowest BCUT2D eigenvalue weighted by Crippen LogP contribution is -2.30. The number of rotatable bonds is 12. The fourth-order valence-corrected chi connectivity index (χ4v) is 4.73. The average molecular weight is 441 g/mol. The summed E-state index contributed by atoms with van der Waals surface area (Å²) in [5.74, 6) is -0.0872. The number of carbonyl (C=O) groups is 2. The molecular formula is C20H29FN4O4S. The number of hydrogen-bond acceptors (Lipinski definition) is 5. The summed E-state index contributed by atoms with van der Waals surface area (Å²) in [5.41, 5.74) is 1.10. The molecule has 30 heavy (non-hydrogen) atoms. The Morgan fingerprint density at radius 2 is 2.00 bits per heavy atom. The van der Waals surface area contributed by atoms with Gasteiger partial charge in [-0.15, -0.1) is 0 Å². The van der Waals surface area contributed by atoms with Crippen LogP contribution in [0.15, 0.2) is 18.2 Å². The minimum Gasteiger partial charge on any atom is -0.382 e. The first-order valence-electron chi connectivity index (χ1n) is 10.4. The van der Waals surface area contributed by atoms with Crippen molar-refractivity contribution in [1.82, 2.24) is 14.9 Å². The molecule has 0 bridgehead atoms. The van der Waals surface area contributed by atoms with E-state index in [4.69, 9.17) is 0 Å². The molecule has 0 spiro atoms. The van der Waals surface area contributed by atoms with Crippen LogP contribution < -0.4 is 15.4 Å². The predicted octanol–water partition coefficient (Wildman–Crippen LogP) is 2.35. The molecule has 1 aromatic carbocycles. The standard InChI is InChI=1S/C20H29FN4O4S/c1-14(16-7-8-17(21)18(11-16)22-12-15-5-6-15)24-30(28,29)10-4-2-3-9-25-13-19(26)23-20(25)27/h7-8,11,14-15,22,24H,2-6,9-10,12-13H2,1H3,(H,23,26,27). The first-order valence-corrected chi connectivity index (χ1v) is 12.0. The van der Waals surface area contributed by atoms with E-state index in [2.05, 4.69) is 15.4 Å². The van der Waals surface area contributed by atoms with Gasteiger partial charge in [0.15, 0.2) is 0 Å². The number of imide groups is 1. The SMILES string of the molecule is CC(NS(=O)(=O)CCCCCN1CC(=O)NC1=O)c1ccc(F)c(NCC2CC2)c1. The molecule has 1 atom stereocenters. The molecule has 166 valence electrons. The molecule has 1 aliphatic carbocycles. The maximum Gasteiger partial charge on any atom is 0.324 e. The summed E-state index contributed by atoms with van der Waals surface area (Å²) in [5, 5.41) is 5.31. The van der Waals surface area contributed by atoms with Crippen molar-refractivity contribution in [2.75, 3.05) is 30.7 Å². The minimum absolute atomic E-state index is 0.0313. The van der Waals surface area contributed by atoms with Crippen LogP contribution in [0.25, 0.3) is 0 Å². The number of anilines is 1. The van der Waals surface area contributed by atoms with Crippen molar-refractivity contribution >= 4 is 27.6 Å². The molecule has 0 radical (unpaired) electrons. The molecular weight excluding hydrogens is 411 g/mol. The van der Waals surface area contributed by atoms with Crippen molar-refractivity contribution in [3.8, 4) is 0 Å². The van der Waals surface area contributed by atoms with E-state index in [0.29, 0.717) is 43.0 Å². The van der Waals surface area contributed by atoms with Gasteiger partial charge in [-0.3, -0.25) is 10.1 Å². The van der Waals surface area contributed by atoms with Gasteiger partial charge in [0.05, 0.1) is 11.4 Å². The molecule has 0 aromatic heterocycles. The fraction of sp³-hybridized carbons (Fsp3) is 0.600. The highest BCUT2D eigenvalue weighted by Crippen LogP contribution is 2.30. The van der Waals surface area contributed by atoms with E-state index >= 15 is 0 Å². The Balaban J connectivity index is 1.42. The average Bonchev–Trinajstić information content (AvgIpc) is 3.44. The van der Waals surface area contributed by atoms with Crippen LogP contribution >= 0.6 is 0 Å². The molecule has 1 aliphatic heterocycles. The van der Waals surface area contributed by atoms with Crippen molar-refractivity contribution in [1.29, 1.82) is 0 Å². The van der Waals surface area contributed by atoms with Gasteiger partial charge in [-0.05, 0) is 56.2 Å². The summed E-state index contributed by atoms with van der Waals surface area (Å²) < 4.78 is 41.4. The van der Waals surface area contributed by atoms with E-state index in [9.17, 15) is 22.4 Å². The molecule has 1 heterocycles. The number of unbranched alkanes of at least 4 members (excludes halogenated alkanes) is 2. The van der Waals surface area contributed by atoms with Gasteiger partial charge in [-0.1, -0.05) is 12.5 Å². The van der Waals surface area contributed by atoms with Crippen molar-refractivity contribution in [2.24, 2.45) is 5.92 Å². The molecule has 1 aromatic rings. The Morgan fingerprint density at radius 1 is 1.23 bits per heavy atom. The highest BCUT2D eigenvalue weighted by atomic mass is 32.2. The van der Waals surface area contributed by atoms with E-state index in [1.807, 2.05) is 0 Å². The lowest BCUT2D eigenvalue weighted by Gasteiger charge is -2.17. The zero-order valence-electron chi connectivity index (χ0n) is 17.1. The summed E-state index contributed by atoms with van der Waals surface area (Å²) in [6.45, 7) is 2.95. The highest BCUT2D eigenvalue weighted by molar-refractivity contribution is 7.89. The van der Waals surface area contributed by atoms with Crippen molar-refractivity contribution in [2.45, 2.75) is 45.1 Å². The number of hydrogen-bond donors (Lipinski definition) is 3. The monoisotopic (exact) mass is 440 g/mol. The van der Waals surface area contributed by atoms with Crippen LogP contribution in [0.3, 0.4) is 0 Å². The van der Waals surface area contributed by atoms with Gasteiger partial charge < -0.3 is 10.2 Å². The smallest absolute Gasteiger partial charge is 0.324 e. The van der Waals surface area contributed by atoms with Crippen LogP contribution in [0, 0.1) is 11.7 Å². The summed E-state index contributed by atoms with van der Waals surface area (Å²) in [7, 11) is -3.50. The van der Waals surface area contributed by atoms with Gasteiger partial charge in [0, 0.05) is 19.1 Å².